The van der Waals surface area contributed by atoms with Crippen LogP contribution in [0.5, 0.6) is 0 Å². The molecule has 0 radical (unpaired) electrons. The van der Waals surface area contributed by atoms with E-state index in [1.54, 1.807) is 12.1 Å². The van der Waals surface area contributed by atoms with E-state index < -0.39 is 0 Å². The summed E-state index contributed by atoms with van der Waals surface area (Å²) in [7, 11) is 3.97. The molecule has 0 spiro atoms. The number of hydrogen-bond acceptors (Lipinski definition) is 3. The molecule has 0 N–H and O–H groups in total. The van der Waals surface area contributed by atoms with Crippen molar-refractivity contribution in [1.82, 2.24) is 9.80 Å². The van der Waals surface area contributed by atoms with Gasteiger partial charge in [0, 0.05) is 31.8 Å². The lowest BCUT2D eigenvalue weighted by Gasteiger charge is -2.34. The topological polar surface area (TPSA) is 32.8 Å². The summed E-state index contributed by atoms with van der Waals surface area (Å²) in [5.74, 6) is -0.355. The van der Waals surface area contributed by atoms with Crippen molar-refractivity contribution in [2.75, 3.05) is 33.8 Å². The smallest absolute Gasteiger partial charge is 0.253 e. The van der Waals surface area contributed by atoms with Gasteiger partial charge in [-0.15, -0.1) is 6.58 Å². The highest BCUT2D eigenvalue weighted by Gasteiger charge is 2.27. The minimum absolute atomic E-state index is 0.0363. The van der Waals surface area contributed by atoms with Crippen LogP contribution >= 0.6 is 0 Å². The number of ether oxygens (including phenoxy) is 1. The largest absolute Gasteiger partial charge is 0.378 e. The predicted octanol–water partition coefficient (Wildman–Crippen LogP) is 4.51. The van der Waals surface area contributed by atoms with Gasteiger partial charge in [0.15, 0.2) is 0 Å². The molecule has 1 saturated carbocycles. The Kier molecular flexibility index (Phi) is 9.65. The van der Waals surface area contributed by atoms with Gasteiger partial charge in [0.1, 0.15) is 5.82 Å². The maximum absolute atomic E-state index is 13.0. The molecule has 1 aromatic carbocycles. The highest BCUT2D eigenvalue weighted by molar-refractivity contribution is 5.94. The van der Waals surface area contributed by atoms with Crippen LogP contribution in [0.25, 0.3) is 0 Å². The molecule has 1 aromatic rings. The van der Waals surface area contributed by atoms with Crippen LogP contribution < -0.4 is 0 Å². The van der Waals surface area contributed by atoms with Crippen LogP contribution in [0.3, 0.4) is 0 Å². The van der Waals surface area contributed by atoms with E-state index in [9.17, 15) is 9.18 Å². The Hall–Kier alpha value is -1.72. The second kappa shape index (κ2) is 12.0. The first-order valence-corrected chi connectivity index (χ1v) is 10.4. The second-order valence-corrected chi connectivity index (χ2v) is 7.84. The number of likely N-dealkylation sites (N-methyl/N-ethyl adjacent to an activating group) is 1. The number of halogens is 1. The van der Waals surface area contributed by atoms with Crippen molar-refractivity contribution >= 4 is 5.91 Å². The number of carbonyl (C=O) groups is 1. The molecule has 0 atom stereocenters. The monoisotopic (exact) mass is 390 g/mol. The molecule has 0 aliphatic heterocycles. The number of nitrogens with zero attached hydrogens (tertiary/aromatic N) is 2. The van der Waals surface area contributed by atoms with Gasteiger partial charge in [0.05, 0.1) is 6.10 Å². The molecule has 0 unspecified atom stereocenters. The highest BCUT2D eigenvalue weighted by Crippen LogP contribution is 2.25. The van der Waals surface area contributed by atoms with Crippen molar-refractivity contribution in [2.24, 2.45) is 0 Å². The maximum atomic E-state index is 13.0. The minimum atomic E-state index is -0.319. The van der Waals surface area contributed by atoms with Crippen molar-refractivity contribution in [3.05, 3.63) is 48.3 Å². The molecule has 1 aliphatic carbocycles. The van der Waals surface area contributed by atoms with Gasteiger partial charge in [-0.05, 0) is 82.8 Å². The number of carbonyl (C=O) groups excluding carboxylic acids is 1. The lowest BCUT2D eigenvalue weighted by atomic mass is 9.91. The van der Waals surface area contributed by atoms with E-state index >= 15 is 0 Å². The number of unbranched alkanes of at least 4 members (excludes halogenated alkanes) is 2. The molecule has 0 bridgehead atoms. The fourth-order valence-electron chi connectivity index (χ4n) is 3.78. The van der Waals surface area contributed by atoms with Crippen LogP contribution in [0.1, 0.15) is 55.3 Å². The lowest BCUT2D eigenvalue weighted by molar-refractivity contribution is 0.00902. The van der Waals surface area contributed by atoms with E-state index in [1.165, 1.54) is 25.0 Å². The van der Waals surface area contributed by atoms with E-state index in [0.717, 1.165) is 51.8 Å². The molecule has 0 aromatic heterocycles. The van der Waals surface area contributed by atoms with Crippen LogP contribution in [-0.4, -0.2) is 61.6 Å². The molecule has 1 amide bonds. The third-order valence-electron chi connectivity index (χ3n) is 5.58. The SMILES string of the molecule is C=CCN(C)CCCCCO[C@H]1CC[C@H](N(C)C(=O)c2ccc(F)cc2)CC1. The van der Waals surface area contributed by atoms with Gasteiger partial charge in [0.2, 0.25) is 0 Å². The zero-order valence-corrected chi connectivity index (χ0v) is 17.4. The van der Waals surface area contributed by atoms with E-state index in [1.807, 2.05) is 18.0 Å². The Labute approximate surface area is 169 Å². The summed E-state index contributed by atoms with van der Waals surface area (Å²) in [4.78, 5) is 16.6. The van der Waals surface area contributed by atoms with Gasteiger partial charge in [-0.1, -0.05) is 6.08 Å². The standard InChI is InChI=1S/C23H35FN2O2/c1-4-16-25(2)17-6-5-7-18-28-22-14-12-21(13-15-22)26(3)23(27)19-8-10-20(24)11-9-19/h4,8-11,21-22H,1,5-7,12-18H2,2-3H3/t21-,22-. The number of hydrogen-bond donors (Lipinski definition) is 0. The fraction of sp³-hybridized carbons (Fsp3) is 0.609. The van der Waals surface area contributed by atoms with Gasteiger partial charge in [-0.2, -0.15) is 0 Å². The first kappa shape index (κ1) is 22.6. The Morgan fingerprint density at radius 2 is 1.82 bits per heavy atom. The van der Waals surface area contributed by atoms with Crippen molar-refractivity contribution in [2.45, 2.75) is 57.1 Å². The van der Waals surface area contributed by atoms with Crippen LogP contribution in [0.4, 0.5) is 4.39 Å². The third-order valence-corrected chi connectivity index (χ3v) is 5.58. The van der Waals surface area contributed by atoms with Crippen LogP contribution in [0.15, 0.2) is 36.9 Å². The quantitative estimate of drug-likeness (QED) is 0.412. The number of rotatable bonds is 11. The normalized spacial score (nSPS) is 19.6. The number of amides is 1. The van der Waals surface area contributed by atoms with E-state index in [4.69, 9.17) is 4.74 Å². The maximum Gasteiger partial charge on any atom is 0.253 e. The van der Waals surface area contributed by atoms with Crippen molar-refractivity contribution < 1.29 is 13.9 Å². The zero-order valence-electron chi connectivity index (χ0n) is 17.4. The molecule has 1 fully saturated rings. The summed E-state index contributed by atoms with van der Waals surface area (Å²) < 4.78 is 19.1. The molecular formula is C23H35FN2O2. The molecule has 0 saturated heterocycles. The average Bonchev–Trinajstić information content (AvgIpc) is 2.71. The third kappa shape index (κ3) is 7.36. The summed E-state index contributed by atoms with van der Waals surface area (Å²) >= 11 is 0. The minimum Gasteiger partial charge on any atom is -0.378 e. The van der Waals surface area contributed by atoms with Crippen LogP contribution in [0, 0.1) is 5.82 Å². The van der Waals surface area contributed by atoms with E-state index in [0.29, 0.717) is 11.7 Å². The summed E-state index contributed by atoms with van der Waals surface area (Å²) in [5.41, 5.74) is 0.543. The summed E-state index contributed by atoms with van der Waals surface area (Å²) in [6.45, 7) is 6.63. The van der Waals surface area contributed by atoms with Crippen LogP contribution in [0.2, 0.25) is 0 Å². The second-order valence-electron chi connectivity index (χ2n) is 7.84. The van der Waals surface area contributed by atoms with Gasteiger partial charge in [-0.3, -0.25) is 4.79 Å². The van der Waals surface area contributed by atoms with Gasteiger partial charge in [-0.25, -0.2) is 4.39 Å². The fourth-order valence-corrected chi connectivity index (χ4v) is 3.78. The summed E-state index contributed by atoms with van der Waals surface area (Å²) in [5, 5.41) is 0. The van der Waals surface area contributed by atoms with Crippen LogP contribution in [-0.2, 0) is 4.74 Å². The molecule has 0 heterocycles. The molecule has 156 valence electrons. The predicted molar refractivity (Wildman–Crippen MR) is 112 cm³/mol. The summed E-state index contributed by atoms with van der Waals surface area (Å²) in [6, 6.07) is 6.01. The number of benzene rings is 1. The van der Waals surface area contributed by atoms with Gasteiger partial charge >= 0.3 is 0 Å². The lowest BCUT2D eigenvalue weighted by Crippen LogP contribution is -2.40. The Morgan fingerprint density at radius 1 is 1.14 bits per heavy atom. The summed E-state index contributed by atoms with van der Waals surface area (Å²) in [6.07, 6.45) is 9.63. The molecule has 2 rings (SSSR count). The molecule has 28 heavy (non-hydrogen) atoms. The molecular weight excluding hydrogens is 355 g/mol. The Bertz CT molecular complexity index is 597. The van der Waals surface area contributed by atoms with Crippen molar-refractivity contribution in [1.29, 1.82) is 0 Å². The van der Waals surface area contributed by atoms with Crippen molar-refractivity contribution in [3.8, 4) is 0 Å². The average molecular weight is 391 g/mol. The Balaban J connectivity index is 1.61. The zero-order chi connectivity index (χ0) is 20.4. The van der Waals surface area contributed by atoms with Crippen molar-refractivity contribution in [3.63, 3.8) is 0 Å². The highest BCUT2D eigenvalue weighted by atomic mass is 19.1. The first-order valence-electron chi connectivity index (χ1n) is 10.4. The molecule has 4 nitrogen and oxygen atoms in total. The molecule has 1 aliphatic rings. The first-order chi connectivity index (χ1) is 13.5. The van der Waals surface area contributed by atoms with Gasteiger partial charge in [0.25, 0.3) is 5.91 Å². The van der Waals surface area contributed by atoms with Gasteiger partial charge < -0.3 is 14.5 Å². The molecule has 5 heteroatoms. The van der Waals surface area contributed by atoms with E-state index in [-0.39, 0.29) is 17.8 Å². The van der Waals surface area contributed by atoms with E-state index in [2.05, 4.69) is 18.5 Å². The Morgan fingerprint density at radius 3 is 2.46 bits per heavy atom.